The number of para-hydroxylation sites is 1. The van der Waals surface area contributed by atoms with Gasteiger partial charge in [-0.1, -0.05) is 30.2 Å². The number of carbonyl (C=O) groups excluding carboxylic acids is 1. The van der Waals surface area contributed by atoms with Crippen molar-refractivity contribution in [1.82, 2.24) is 5.32 Å². The van der Waals surface area contributed by atoms with E-state index >= 15 is 0 Å². The van der Waals surface area contributed by atoms with Gasteiger partial charge >= 0.3 is 6.03 Å². The molecule has 0 heterocycles. The number of urea groups is 1. The van der Waals surface area contributed by atoms with E-state index in [1.807, 2.05) is 12.1 Å². The Morgan fingerprint density at radius 3 is 3.00 bits per heavy atom. The molecule has 4 nitrogen and oxygen atoms in total. The molecule has 1 aromatic rings. The highest BCUT2D eigenvalue weighted by Crippen LogP contribution is 2.41. The van der Waals surface area contributed by atoms with Crippen LogP contribution in [0.2, 0.25) is 5.02 Å². The van der Waals surface area contributed by atoms with Crippen molar-refractivity contribution in [2.75, 3.05) is 6.54 Å². The second-order valence-electron chi connectivity index (χ2n) is 5.15. The Kier molecular flexibility index (Phi) is 4.53. The Hall–Kier alpha value is -1.42. The van der Waals surface area contributed by atoms with Gasteiger partial charge in [-0.05, 0) is 42.7 Å². The average Bonchev–Trinajstić information content (AvgIpc) is 2.40. The highest BCUT2D eigenvalue weighted by atomic mass is 35.5. The van der Waals surface area contributed by atoms with Gasteiger partial charge in [0.2, 0.25) is 0 Å². The molecule has 0 bridgehead atoms. The van der Waals surface area contributed by atoms with Crippen molar-refractivity contribution >= 4 is 17.6 Å². The van der Waals surface area contributed by atoms with Crippen molar-refractivity contribution in [3.8, 4) is 5.75 Å². The number of benzene rings is 1. The Morgan fingerprint density at radius 1 is 1.47 bits per heavy atom. The Bertz CT molecular complexity index is 465. The molecule has 0 spiro atoms. The predicted octanol–water partition coefficient (Wildman–Crippen LogP) is 2.99. The van der Waals surface area contributed by atoms with Crippen LogP contribution >= 0.6 is 11.6 Å². The lowest BCUT2D eigenvalue weighted by Crippen LogP contribution is -2.35. The van der Waals surface area contributed by atoms with Crippen LogP contribution in [0.5, 0.6) is 5.75 Å². The van der Waals surface area contributed by atoms with Crippen LogP contribution in [0.1, 0.15) is 37.2 Å². The number of halogens is 1. The molecular formula is C14H19ClN2O2. The van der Waals surface area contributed by atoms with E-state index in [-0.39, 0.29) is 5.75 Å². The summed E-state index contributed by atoms with van der Waals surface area (Å²) in [6, 6.07) is 5.00. The molecule has 0 saturated heterocycles. The first-order chi connectivity index (χ1) is 9.08. The van der Waals surface area contributed by atoms with E-state index in [0.29, 0.717) is 23.4 Å². The second-order valence-corrected chi connectivity index (χ2v) is 5.56. The third-order valence-corrected chi connectivity index (χ3v) is 4.11. The molecule has 19 heavy (non-hydrogen) atoms. The van der Waals surface area contributed by atoms with Crippen molar-refractivity contribution < 1.29 is 9.90 Å². The molecule has 2 unspecified atom stereocenters. The van der Waals surface area contributed by atoms with Crippen LogP contribution in [0.15, 0.2) is 18.2 Å². The van der Waals surface area contributed by atoms with E-state index in [4.69, 9.17) is 17.3 Å². The van der Waals surface area contributed by atoms with Crippen LogP contribution < -0.4 is 11.1 Å². The van der Waals surface area contributed by atoms with Crippen LogP contribution in [0.4, 0.5) is 4.79 Å². The van der Waals surface area contributed by atoms with E-state index in [9.17, 15) is 9.90 Å². The summed E-state index contributed by atoms with van der Waals surface area (Å²) >= 11 is 5.95. The minimum absolute atomic E-state index is 0.192. The number of hydrogen-bond acceptors (Lipinski definition) is 2. The molecule has 4 N–H and O–H groups in total. The second kappa shape index (κ2) is 6.15. The van der Waals surface area contributed by atoms with Gasteiger partial charge in [0, 0.05) is 6.54 Å². The fourth-order valence-electron chi connectivity index (χ4n) is 2.87. The number of phenols is 1. The molecule has 1 fully saturated rings. The molecule has 2 rings (SSSR count). The molecule has 5 heteroatoms. The SMILES string of the molecule is NC(=O)NCC1CCCC(c2cccc(Cl)c2O)C1. The number of phenolic OH excluding ortho intramolecular Hbond substituents is 1. The lowest BCUT2D eigenvalue weighted by atomic mass is 9.77. The van der Waals surface area contributed by atoms with Crippen molar-refractivity contribution in [3.05, 3.63) is 28.8 Å². The average molecular weight is 283 g/mol. The first kappa shape index (κ1) is 14.0. The molecule has 1 saturated carbocycles. The quantitative estimate of drug-likeness (QED) is 0.797. The largest absolute Gasteiger partial charge is 0.506 e. The van der Waals surface area contributed by atoms with Crippen LogP contribution in [-0.2, 0) is 0 Å². The number of carbonyl (C=O) groups is 1. The van der Waals surface area contributed by atoms with E-state index in [2.05, 4.69) is 5.32 Å². The minimum Gasteiger partial charge on any atom is -0.506 e. The zero-order valence-corrected chi connectivity index (χ0v) is 11.5. The number of aromatic hydroxyl groups is 1. The van der Waals surface area contributed by atoms with Crippen molar-refractivity contribution in [3.63, 3.8) is 0 Å². The van der Waals surface area contributed by atoms with Gasteiger partial charge in [0.15, 0.2) is 0 Å². The zero-order chi connectivity index (χ0) is 13.8. The van der Waals surface area contributed by atoms with Crippen LogP contribution in [0.25, 0.3) is 0 Å². The highest BCUT2D eigenvalue weighted by Gasteiger charge is 2.25. The van der Waals surface area contributed by atoms with Gasteiger partial charge in [0.05, 0.1) is 5.02 Å². The molecule has 0 aliphatic heterocycles. The van der Waals surface area contributed by atoms with Gasteiger partial charge in [0.1, 0.15) is 5.75 Å². The van der Waals surface area contributed by atoms with E-state index in [1.54, 1.807) is 6.07 Å². The maximum Gasteiger partial charge on any atom is 0.312 e. The third kappa shape index (κ3) is 3.53. The topological polar surface area (TPSA) is 75.4 Å². The summed E-state index contributed by atoms with van der Waals surface area (Å²) in [7, 11) is 0. The summed E-state index contributed by atoms with van der Waals surface area (Å²) in [6.07, 6.45) is 4.15. The molecule has 1 aromatic carbocycles. The monoisotopic (exact) mass is 282 g/mol. The van der Waals surface area contributed by atoms with Crippen LogP contribution in [0.3, 0.4) is 0 Å². The summed E-state index contributed by atoms with van der Waals surface area (Å²) in [5.41, 5.74) is 6.01. The predicted molar refractivity (Wildman–Crippen MR) is 75.4 cm³/mol. The summed E-state index contributed by atoms with van der Waals surface area (Å²) in [5.74, 6) is 0.898. The number of hydrogen-bond donors (Lipinski definition) is 3. The van der Waals surface area contributed by atoms with Crippen LogP contribution in [-0.4, -0.2) is 17.7 Å². The maximum atomic E-state index is 10.7. The lowest BCUT2D eigenvalue weighted by molar-refractivity contribution is 0.242. The molecule has 0 aromatic heterocycles. The lowest BCUT2D eigenvalue weighted by Gasteiger charge is -2.30. The van der Waals surface area contributed by atoms with Crippen molar-refractivity contribution in [2.24, 2.45) is 11.7 Å². The first-order valence-electron chi connectivity index (χ1n) is 6.58. The smallest absolute Gasteiger partial charge is 0.312 e. The van der Waals surface area contributed by atoms with Crippen molar-refractivity contribution in [2.45, 2.75) is 31.6 Å². The van der Waals surface area contributed by atoms with E-state index in [0.717, 1.165) is 31.2 Å². The zero-order valence-electron chi connectivity index (χ0n) is 10.7. The maximum absolute atomic E-state index is 10.7. The molecular weight excluding hydrogens is 264 g/mol. The number of amides is 2. The summed E-state index contributed by atoms with van der Waals surface area (Å²) in [6.45, 7) is 0.604. The van der Waals surface area contributed by atoms with E-state index < -0.39 is 6.03 Å². The number of nitrogens with one attached hydrogen (secondary N) is 1. The number of primary amides is 1. The Morgan fingerprint density at radius 2 is 2.26 bits per heavy atom. The normalized spacial score (nSPS) is 23.0. The van der Waals surface area contributed by atoms with Crippen molar-refractivity contribution in [1.29, 1.82) is 0 Å². The number of nitrogens with two attached hydrogens (primary N) is 1. The molecule has 1 aliphatic rings. The molecule has 1 aliphatic carbocycles. The van der Waals surface area contributed by atoms with Gasteiger partial charge in [0.25, 0.3) is 0 Å². The van der Waals surface area contributed by atoms with Gasteiger partial charge in [-0.15, -0.1) is 0 Å². The molecule has 2 amide bonds. The van der Waals surface area contributed by atoms with Gasteiger partial charge in [-0.3, -0.25) is 0 Å². The summed E-state index contributed by atoms with van der Waals surface area (Å²) in [5, 5.41) is 13.1. The van der Waals surface area contributed by atoms with Gasteiger partial charge < -0.3 is 16.2 Å². The molecule has 0 radical (unpaired) electrons. The Balaban J connectivity index is 2.04. The summed E-state index contributed by atoms with van der Waals surface area (Å²) in [4.78, 5) is 10.7. The Labute approximate surface area is 117 Å². The van der Waals surface area contributed by atoms with Gasteiger partial charge in [-0.25, -0.2) is 4.79 Å². The number of rotatable bonds is 3. The fraction of sp³-hybridized carbons (Fsp3) is 0.500. The van der Waals surface area contributed by atoms with Crippen LogP contribution in [0, 0.1) is 5.92 Å². The first-order valence-corrected chi connectivity index (χ1v) is 6.96. The fourth-order valence-corrected chi connectivity index (χ4v) is 3.05. The van der Waals surface area contributed by atoms with Gasteiger partial charge in [-0.2, -0.15) is 0 Å². The molecule has 2 atom stereocenters. The molecule has 104 valence electrons. The minimum atomic E-state index is -0.479. The highest BCUT2D eigenvalue weighted by molar-refractivity contribution is 6.32. The third-order valence-electron chi connectivity index (χ3n) is 3.81. The van der Waals surface area contributed by atoms with E-state index in [1.165, 1.54) is 0 Å². The summed E-state index contributed by atoms with van der Waals surface area (Å²) < 4.78 is 0. The standard InChI is InChI=1S/C14H19ClN2O2/c15-12-6-2-5-11(13(12)18)10-4-1-3-9(7-10)8-17-14(16)19/h2,5-6,9-10,18H,1,3-4,7-8H2,(H3,16,17,19).